The van der Waals surface area contributed by atoms with Crippen LogP contribution in [0.25, 0.3) is 0 Å². The van der Waals surface area contributed by atoms with Gasteiger partial charge < -0.3 is 14.5 Å². The summed E-state index contributed by atoms with van der Waals surface area (Å²) in [6, 6.07) is 14.6. The molecule has 0 bridgehead atoms. The average molecular weight is 417 g/mol. The summed E-state index contributed by atoms with van der Waals surface area (Å²) in [5.74, 6) is 0.167. The van der Waals surface area contributed by atoms with E-state index in [1.807, 2.05) is 0 Å². The lowest BCUT2D eigenvalue weighted by Gasteiger charge is -2.34. The third-order valence-corrected chi connectivity index (χ3v) is 6.56. The maximum atomic E-state index is 13.3. The number of ether oxygens (including phenoxy) is 1. The van der Waals surface area contributed by atoms with Gasteiger partial charge in [-0.25, -0.2) is 8.42 Å². The van der Waals surface area contributed by atoms with Crippen LogP contribution in [-0.4, -0.2) is 70.4 Å². The van der Waals surface area contributed by atoms with Gasteiger partial charge in [-0.05, 0) is 24.3 Å². The van der Waals surface area contributed by atoms with Crippen LogP contribution in [0.3, 0.4) is 0 Å². The highest BCUT2D eigenvalue weighted by Gasteiger charge is 2.30. The van der Waals surface area contributed by atoms with Crippen LogP contribution in [0.2, 0.25) is 0 Å². The number of benzene rings is 2. The Bertz CT molecular complexity index is 957. The molecule has 0 N–H and O–H groups in total. The predicted octanol–water partition coefficient (Wildman–Crippen LogP) is 1.19. The van der Waals surface area contributed by atoms with Gasteiger partial charge in [0, 0.05) is 32.2 Å². The maximum Gasteiger partial charge on any atom is 0.264 e. The van der Waals surface area contributed by atoms with Gasteiger partial charge in [0.05, 0.1) is 17.7 Å². The number of nitrogens with zero attached hydrogens (tertiary/aromatic N) is 3. The second-order valence-electron chi connectivity index (χ2n) is 6.55. The van der Waals surface area contributed by atoms with E-state index in [0.29, 0.717) is 37.6 Å². The van der Waals surface area contributed by atoms with Gasteiger partial charge in [-0.1, -0.05) is 24.3 Å². The lowest BCUT2D eigenvalue weighted by atomic mass is 10.3. The first-order valence-electron chi connectivity index (χ1n) is 9.14. The number of hydrogen-bond acceptors (Lipinski definition) is 5. The normalized spacial score (nSPS) is 14.4. The highest BCUT2D eigenvalue weighted by molar-refractivity contribution is 7.92. The van der Waals surface area contributed by atoms with Gasteiger partial charge in [-0.2, -0.15) is 0 Å². The Morgan fingerprint density at radius 3 is 2.38 bits per heavy atom. The molecule has 0 radical (unpaired) electrons. The summed E-state index contributed by atoms with van der Waals surface area (Å²) in [4.78, 5) is 27.0. The van der Waals surface area contributed by atoms with Crippen molar-refractivity contribution in [3.8, 4) is 5.75 Å². The van der Waals surface area contributed by atoms with Crippen molar-refractivity contribution < 1.29 is 22.7 Å². The molecule has 0 aliphatic carbocycles. The first-order chi connectivity index (χ1) is 14.0. The van der Waals surface area contributed by atoms with Crippen molar-refractivity contribution in [2.45, 2.75) is 4.90 Å². The van der Waals surface area contributed by atoms with Crippen LogP contribution >= 0.6 is 0 Å². The standard InChI is InChI=1S/C20H23N3O5S/c1-28-18-7-5-6-17(14-18)23(29(26,27)19-8-3-2-4-9-19)15-20(25)22-12-10-21(16-24)11-13-22/h2-9,14,16H,10-13,15H2,1H3. The lowest BCUT2D eigenvalue weighted by Crippen LogP contribution is -2.51. The Labute approximate surface area is 170 Å². The largest absolute Gasteiger partial charge is 0.497 e. The third-order valence-electron chi connectivity index (χ3n) is 4.77. The molecule has 0 saturated carbocycles. The molecule has 1 aliphatic rings. The van der Waals surface area contributed by atoms with Crippen LogP contribution in [0, 0.1) is 0 Å². The van der Waals surface area contributed by atoms with Gasteiger partial charge in [0.25, 0.3) is 10.0 Å². The van der Waals surface area contributed by atoms with E-state index in [0.717, 1.165) is 10.7 Å². The first kappa shape index (κ1) is 20.7. The fraction of sp³-hybridized carbons (Fsp3) is 0.300. The number of sulfonamides is 1. The van der Waals surface area contributed by atoms with Crippen LogP contribution in [-0.2, 0) is 19.6 Å². The number of carbonyl (C=O) groups excluding carboxylic acids is 2. The minimum Gasteiger partial charge on any atom is -0.497 e. The van der Waals surface area contributed by atoms with E-state index in [1.54, 1.807) is 52.3 Å². The Balaban J connectivity index is 1.91. The molecular weight excluding hydrogens is 394 g/mol. The van der Waals surface area contributed by atoms with Gasteiger partial charge >= 0.3 is 0 Å². The zero-order chi connectivity index (χ0) is 20.9. The summed E-state index contributed by atoms with van der Waals surface area (Å²) in [6.45, 7) is 1.26. The van der Waals surface area contributed by atoms with E-state index >= 15 is 0 Å². The monoisotopic (exact) mass is 417 g/mol. The van der Waals surface area contributed by atoms with Crippen LogP contribution in [0.15, 0.2) is 59.5 Å². The zero-order valence-corrected chi connectivity index (χ0v) is 16.9. The molecule has 3 rings (SSSR count). The van der Waals surface area contributed by atoms with E-state index in [4.69, 9.17) is 4.74 Å². The summed E-state index contributed by atoms with van der Waals surface area (Å²) in [7, 11) is -2.47. The second-order valence-corrected chi connectivity index (χ2v) is 8.41. The molecule has 1 aliphatic heterocycles. The first-order valence-corrected chi connectivity index (χ1v) is 10.6. The summed E-state index contributed by atoms with van der Waals surface area (Å²) >= 11 is 0. The fourth-order valence-electron chi connectivity index (χ4n) is 3.10. The number of amides is 2. The number of anilines is 1. The minimum absolute atomic E-state index is 0.0985. The van der Waals surface area contributed by atoms with Crippen LogP contribution < -0.4 is 9.04 Å². The molecule has 9 heteroatoms. The van der Waals surface area contributed by atoms with Crippen molar-refractivity contribution >= 4 is 28.0 Å². The molecule has 1 saturated heterocycles. The number of hydrogen-bond donors (Lipinski definition) is 0. The predicted molar refractivity (Wildman–Crippen MR) is 108 cm³/mol. The van der Waals surface area contributed by atoms with E-state index in [1.165, 1.54) is 19.2 Å². The van der Waals surface area contributed by atoms with Crippen LogP contribution in [0.1, 0.15) is 0 Å². The van der Waals surface area contributed by atoms with Gasteiger partial charge in [-0.15, -0.1) is 0 Å². The van der Waals surface area contributed by atoms with Crippen molar-refractivity contribution in [3.05, 3.63) is 54.6 Å². The van der Waals surface area contributed by atoms with Gasteiger partial charge in [0.15, 0.2) is 0 Å². The molecule has 0 spiro atoms. The van der Waals surface area contributed by atoms with Crippen LogP contribution in [0.4, 0.5) is 5.69 Å². The molecule has 0 unspecified atom stereocenters. The molecule has 2 aromatic rings. The fourth-order valence-corrected chi connectivity index (χ4v) is 4.53. The highest BCUT2D eigenvalue weighted by Crippen LogP contribution is 2.27. The smallest absolute Gasteiger partial charge is 0.264 e. The number of methoxy groups -OCH3 is 1. The van der Waals surface area contributed by atoms with Crippen molar-refractivity contribution in [1.29, 1.82) is 0 Å². The van der Waals surface area contributed by atoms with Gasteiger partial charge in [-0.3, -0.25) is 13.9 Å². The number of carbonyl (C=O) groups is 2. The maximum absolute atomic E-state index is 13.3. The third kappa shape index (κ3) is 4.68. The Kier molecular flexibility index (Phi) is 6.38. The molecule has 0 aromatic heterocycles. The lowest BCUT2D eigenvalue weighted by molar-refractivity contribution is -0.133. The summed E-state index contributed by atoms with van der Waals surface area (Å²) < 4.78 is 32.9. The van der Waals surface area contributed by atoms with Gasteiger partial charge in [0.1, 0.15) is 12.3 Å². The molecule has 154 valence electrons. The molecule has 29 heavy (non-hydrogen) atoms. The second kappa shape index (κ2) is 8.95. The topological polar surface area (TPSA) is 87.2 Å². The van der Waals surface area contributed by atoms with Crippen molar-refractivity contribution in [1.82, 2.24) is 9.80 Å². The van der Waals surface area contributed by atoms with Crippen LogP contribution in [0.5, 0.6) is 5.75 Å². The van der Waals surface area contributed by atoms with Crippen molar-refractivity contribution in [2.24, 2.45) is 0 Å². The average Bonchev–Trinajstić information content (AvgIpc) is 2.77. The van der Waals surface area contributed by atoms with Crippen molar-refractivity contribution in [3.63, 3.8) is 0 Å². The number of piperazine rings is 1. The van der Waals surface area contributed by atoms with E-state index in [2.05, 4.69) is 0 Å². The van der Waals surface area contributed by atoms with E-state index < -0.39 is 10.0 Å². The molecule has 8 nitrogen and oxygen atoms in total. The summed E-state index contributed by atoms with van der Waals surface area (Å²) in [6.07, 6.45) is 0.754. The van der Waals surface area contributed by atoms with Crippen molar-refractivity contribution in [2.75, 3.05) is 44.1 Å². The molecular formula is C20H23N3O5S. The van der Waals surface area contributed by atoms with Gasteiger partial charge in [0.2, 0.25) is 12.3 Å². The molecule has 0 atom stereocenters. The minimum atomic E-state index is -3.96. The Morgan fingerprint density at radius 2 is 1.76 bits per heavy atom. The molecule has 1 fully saturated rings. The number of rotatable bonds is 7. The Hall–Kier alpha value is -3.07. The summed E-state index contributed by atoms with van der Waals surface area (Å²) in [5.41, 5.74) is 0.341. The molecule has 1 heterocycles. The summed E-state index contributed by atoms with van der Waals surface area (Å²) in [5, 5.41) is 0. The molecule has 2 aromatic carbocycles. The van der Waals surface area contributed by atoms with E-state index in [9.17, 15) is 18.0 Å². The van der Waals surface area contributed by atoms with E-state index in [-0.39, 0.29) is 17.3 Å². The quantitative estimate of drug-likeness (QED) is 0.632. The SMILES string of the molecule is COc1cccc(N(CC(=O)N2CCN(C=O)CC2)S(=O)(=O)c2ccccc2)c1. The zero-order valence-electron chi connectivity index (χ0n) is 16.1. The highest BCUT2D eigenvalue weighted by atomic mass is 32.2. The molecule has 2 amide bonds. The Morgan fingerprint density at radius 1 is 1.07 bits per heavy atom.